The molecule has 6 nitrogen and oxygen atoms in total. The Labute approximate surface area is 157 Å². The van der Waals surface area contributed by atoms with Crippen LogP contribution in [0.4, 0.5) is 0 Å². The zero-order valence-corrected chi connectivity index (χ0v) is 15.9. The molecular formula is C19H24N2O4S. The molecule has 0 saturated carbocycles. The van der Waals surface area contributed by atoms with Crippen molar-refractivity contribution in [2.75, 3.05) is 12.9 Å². The van der Waals surface area contributed by atoms with E-state index in [9.17, 15) is 9.59 Å². The van der Waals surface area contributed by atoms with Gasteiger partial charge < -0.3 is 9.84 Å². The Hall–Kier alpha value is -2.12. The maximum atomic E-state index is 12.8. The summed E-state index contributed by atoms with van der Waals surface area (Å²) in [6.07, 6.45) is 2.06. The highest BCUT2D eigenvalue weighted by molar-refractivity contribution is 7.99. The predicted molar refractivity (Wildman–Crippen MR) is 102 cm³/mol. The Bertz CT molecular complexity index is 790. The van der Waals surface area contributed by atoms with E-state index in [4.69, 9.17) is 9.84 Å². The zero-order chi connectivity index (χ0) is 18.9. The number of unbranched alkanes of at least 4 members (excludes halogenated alkanes) is 1. The molecule has 0 fully saturated rings. The molecule has 0 aliphatic heterocycles. The van der Waals surface area contributed by atoms with Crippen molar-refractivity contribution in [2.24, 2.45) is 7.05 Å². The van der Waals surface area contributed by atoms with Gasteiger partial charge in [0, 0.05) is 38.3 Å². The molecule has 0 radical (unpaired) electrons. The van der Waals surface area contributed by atoms with Crippen molar-refractivity contribution >= 4 is 17.7 Å². The quantitative estimate of drug-likeness (QED) is 0.390. The van der Waals surface area contributed by atoms with Crippen LogP contribution in [-0.2, 0) is 29.6 Å². The van der Waals surface area contributed by atoms with Crippen molar-refractivity contribution in [3.8, 4) is 0 Å². The van der Waals surface area contributed by atoms with E-state index in [0.29, 0.717) is 29.3 Å². The summed E-state index contributed by atoms with van der Waals surface area (Å²) in [4.78, 5) is 28.0. The lowest BCUT2D eigenvalue weighted by Gasteiger charge is -2.14. The average molecular weight is 376 g/mol. The summed E-state index contributed by atoms with van der Waals surface area (Å²) in [6.45, 7) is 0.283. The van der Waals surface area contributed by atoms with Crippen molar-refractivity contribution in [1.82, 2.24) is 9.55 Å². The third-order valence-corrected chi connectivity index (χ3v) is 5.07. The molecule has 0 aliphatic carbocycles. The van der Waals surface area contributed by atoms with E-state index in [1.165, 1.54) is 11.8 Å². The molecule has 0 bridgehead atoms. The van der Waals surface area contributed by atoms with Crippen LogP contribution < -0.4 is 5.56 Å². The molecule has 0 spiro atoms. The van der Waals surface area contributed by atoms with Gasteiger partial charge in [-0.3, -0.25) is 14.2 Å². The van der Waals surface area contributed by atoms with Crippen LogP contribution in [-0.4, -0.2) is 33.5 Å². The van der Waals surface area contributed by atoms with Gasteiger partial charge in [-0.1, -0.05) is 42.1 Å². The van der Waals surface area contributed by atoms with E-state index in [-0.39, 0.29) is 18.6 Å². The number of rotatable bonds is 10. The second-order valence-corrected chi connectivity index (χ2v) is 7.04. The number of benzene rings is 1. The van der Waals surface area contributed by atoms with E-state index in [1.54, 1.807) is 18.7 Å². The van der Waals surface area contributed by atoms with Crippen molar-refractivity contribution in [2.45, 2.75) is 37.4 Å². The van der Waals surface area contributed by atoms with E-state index in [0.717, 1.165) is 17.7 Å². The lowest BCUT2D eigenvalue weighted by Crippen LogP contribution is -2.27. The largest absolute Gasteiger partial charge is 0.481 e. The van der Waals surface area contributed by atoms with Crippen molar-refractivity contribution < 1.29 is 14.6 Å². The first-order valence-electron chi connectivity index (χ1n) is 8.49. The molecule has 1 heterocycles. The molecule has 0 atom stereocenters. The molecule has 26 heavy (non-hydrogen) atoms. The zero-order valence-electron chi connectivity index (χ0n) is 15.1. The fourth-order valence-corrected chi connectivity index (χ4v) is 3.56. The number of hydrogen-bond acceptors (Lipinski definition) is 5. The van der Waals surface area contributed by atoms with Crippen LogP contribution in [0, 0.1) is 0 Å². The van der Waals surface area contributed by atoms with Gasteiger partial charge in [0.25, 0.3) is 5.56 Å². The normalized spacial score (nSPS) is 10.8. The fraction of sp³-hybridized carbons (Fsp3) is 0.421. The van der Waals surface area contributed by atoms with Gasteiger partial charge in [0.2, 0.25) is 0 Å². The maximum Gasteiger partial charge on any atom is 0.303 e. The summed E-state index contributed by atoms with van der Waals surface area (Å²) in [6, 6.07) is 9.82. The molecule has 2 aromatic rings. The van der Waals surface area contributed by atoms with Gasteiger partial charge in [-0.2, -0.15) is 0 Å². The smallest absolute Gasteiger partial charge is 0.303 e. The average Bonchev–Trinajstić information content (AvgIpc) is 2.62. The Morgan fingerprint density at radius 1 is 1.27 bits per heavy atom. The van der Waals surface area contributed by atoms with Crippen molar-refractivity contribution in [1.29, 1.82) is 0 Å². The topological polar surface area (TPSA) is 81.4 Å². The van der Waals surface area contributed by atoms with Gasteiger partial charge in [0.15, 0.2) is 5.16 Å². The van der Waals surface area contributed by atoms with Gasteiger partial charge in [0.05, 0.1) is 12.3 Å². The Morgan fingerprint density at radius 3 is 2.65 bits per heavy atom. The molecule has 0 amide bonds. The highest BCUT2D eigenvalue weighted by Gasteiger charge is 2.15. The molecule has 1 aromatic carbocycles. The van der Waals surface area contributed by atoms with Crippen molar-refractivity contribution in [3.63, 3.8) is 0 Å². The lowest BCUT2D eigenvalue weighted by atomic mass is 10.0. The summed E-state index contributed by atoms with van der Waals surface area (Å²) in [5, 5.41) is 9.31. The lowest BCUT2D eigenvalue weighted by molar-refractivity contribution is -0.137. The first kappa shape index (κ1) is 20.2. The number of hydrogen-bond donors (Lipinski definition) is 1. The van der Waals surface area contributed by atoms with E-state index in [2.05, 4.69) is 4.98 Å². The molecule has 0 saturated heterocycles. The van der Waals surface area contributed by atoms with E-state index >= 15 is 0 Å². The van der Waals surface area contributed by atoms with Gasteiger partial charge in [-0.05, 0) is 18.4 Å². The number of ether oxygens (including phenoxy) is 1. The minimum Gasteiger partial charge on any atom is -0.481 e. The van der Waals surface area contributed by atoms with Crippen LogP contribution in [0.1, 0.15) is 36.1 Å². The number of methoxy groups -OCH3 is 1. The minimum absolute atomic E-state index is 0.0658. The van der Waals surface area contributed by atoms with Crippen LogP contribution in [0.2, 0.25) is 0 Å². The van der Waals surface area contributed by atoms with Crippen LogP contribution in [0.25, 0.3) is 0 Å². The number of thioether (sulfide) groups is 1. The molecule has 1 N–H and O–H groups in total. The fourth-order valence-electron chi connectivity index (χ4n) is 2.58. The number of nitrogens with zero attached hydrogens (tertiary/aromatic N) is 2. The summed E-state index contributed by atoms with van der Waals surface area (Å²) >= 11 is 1.47. The predicted octanol–water partition coefficient (Wildman–Crippen LogP) is 2.86. The standard InChI is InChI=1S/C19H24N2O4S/c1-21-18(24)15(12-14-8-4-3-5-9-14)16(13-25-2)20-19(21)26-11-7-6-10-17(22)23/h3-5,8-9H,6-7,10-13H2,1-2H3,(H,22,23). The molecule has 140 valence electrons. The first-order valence-corrected chi connectivity index (χ1v) is 9.47. The summed E-state index contributed by atoms with van der Waals surface area (Å²) in [5.74, 6) is -0.0638. The second kappa shape index (κ2) is 10.1. The monoisotopic (exact) mass is 376 g/mol. The first-order chi connectivity index (χ1) is 12.5. The van der Waals surface area contributed by atoms with Gasteiger partial charge in [0.1, 0.15) is 0 Å². The SMILES string of the molecule is COCc1nc(SCCCCC(=O)O)n(C)c(=O)c1Cc1ccccc1. The minimum atomic E-state index is -0.784. The summed E-state index contributed by atoms with van der Waals surface area (Å²) < 4.78 is 6.81. The molecule has 0 aliphatic rings. The van der Waals surface area contributed by atoms with Crippen LogP contribution in [0.3, 0.4) is 0 Å². The molecule has 1 aromatic heterocycles. The van der Waals surface area contributed by atoms with Gasteiger partial charge >= 0.3 is 5.97 Å². The molecule has 0 unspecified atom stereocenters. The van der Waals surface area contributed by atoms with Gasteiger partial charge in [-0.25, -0.2) is 4.98 Å². The Balaban J connectivity index is 2.18. The summed E-state index contributed by atoms with van der Waals surface area (Å²) in [7, 11) is 3.31. The third kappa shape index (κ3) is 5.71. The Kier molecular flexibility index (Phi) is 7.87. The number of carboxylic acid groups (broad SMARTS) is 1. The summed E-state index contributed by atoms with van der Waals surface area (Å²) in [5.41, 5.74) is 2.30. The highest BCUT2D eigenvalue weighted by Crippen LogP contribution is 2.19. The van der Waals surface area contributed by atoms with E-state index < -0.39 is 5.97 Å². The molecular weight excluding hydrogens is 352 g/mol. The number of carboxylic acids is 1. The molecule has 7 heteroatoms. The number of aliphatic carboxylic acids is 1. The van der Waals surface area contributed by atoms with Crippen LogP contribution in [0.15, 0.2) is 40.3 Å². The van der Waals surface area contributed by atoms with E-state index in [1.807, 2.05) is 30.3 Å². The molecule has 2 rings (SSSR count). The maximum absolute atomic E-state index is 12.8. The number of aromatic nitrogens is 2. The van der Waals surface area contributed by atoms with Crippen LogP contribution >= 0.6 is 11.8 Å². The third-order valence-electron chi connectivity index (χ3n) is 3.95. The Morgan fingerprint density at radius 2 is 2.00 bits per heavy atom. The van der Waals surface area contributed by atoms with Gasteiger partial charge in [-0.15, -0.1) is 0 Å². The van der Waals surface area contributed by atoms with Crippen molar-refractivity contribution in [3.05, 3.63) is 57.5 Å². The second-order valence-electron chi connectivity index (χ2n) is 5.98. The highest BCUT2D eigenvalue weighted by atomic mass is 32.2. The van der Waals surface area contributed by atoms with Crippen LogP contribution in [0.5, 0.6) is 0 Å². The number of carbonyl (C=O) groups is 1.